The number of ketones is 1. The number of hydrogen-bond acceptors (Lipinski definition) is 9. The Morgan fingerprint density at radius 1 is 1.32 bits per heavy atom. The van der Waals surface area contributed by atoms with E-state index in [-0.39, 0.29) is 24.1 Å². The number of rotatable bonds is 8. The number of esters is 1. The van der Waals surface area contributed by atoms with Gasteiger partial charge in [0.15, 0.2) is 6.61 Å². The largest absolute Gasteiger partial charge is 0.457 e. The first-order chi connectivity index (χ1) is 13.4. The Bertz CT molecular complexity index is 1010. The molecule has 3 aromatic rings. The minimum absolute atomic E-state index is 0.0351. The first kappa shape index (κ1) is 19.4. The molecule has 28 heavy (non-hydrogen) atoms. The molecule has 3 rings (SSSR count). The second-order valence-electron chi connectivity index (χ2n) is 5.87. The molecule has 1 aromatic carbocycles. The predicted octanol–water partition coefficient (Wildman–Crippen LogP) is 3.37. The summed E-state index contributed by atoms with van der Waals surface area (Å²) in [6, 6.07) is 5.97. The number of aromatic nitrogens is 2. The molecule has 2 aromatic heterocycles. The van der Waals surface area contributed by atoms with E-state index >= 15 is 0 Å². The Labute approximate surface area is 163 Å². The fourth-order valence-electron chi connectivity index (χ4n) is 2.36. The lowest BCUT2D eigenvalue weighted by atomic mass is 10.1. The highest BCUT2D eigenvalue weighted by atomic mass is 32.1. The molecule has 0 N–H and O–H groups in total. The van der Waals surface area contributed by atoms with Crippen LogP contribution in [0.1, 0.15) is 28.2 Å². The van der Waals surface area contributed by atoms with Crippen molar-refractivity contribution in [2.75, 3.05) is 6.61 Å². The van der Waals surface area contributed by atoms with Gasteiger partial charge >= 0.3 is 5.97 Å². The molecule has 0 bridgehead atoms. The second kappa shape index (κ2) is 8.53. The Kier molecular flexibility index (Phi) is 5.90. The minimum Gasteiger partial charge on any atom is -0.457 e. The highest BCUT2D eigenvalue weighted by Crippen LogP contribution is 2.20. The van der Waals surface area contributed by atoms with E-state index in [0.29, 0.717) is 17.3 Å². The maximum atomic E-state index is 12.1. The van der Waals surface area contributed by atoms with Crippen molar-refractivity contribution in [1.82, 2.24) is 10.1 Å². The van der Waals surface area contributed by atoms with Crippen LogP contribution >= 0.6 is 11.3 Å². The summed E-state index contributed by atoms with van der Waals surface area (Å²) >= 11 is 1.51. The molecular weight excluding hydrogens is 386 g/mol. The minimum atomic E-state index is -0.606. The molecule has 0 fully saturated rings. The van der Waals surface area contributed by atoms with E-state index in [4.69, 9.17) is 9.26 Å². The number of Topliss-reactive ketones (excluding diaryl/α,β-unsaturated/α-hetero) is 1. The van der Waals surface area contributed by atoms with Gasteiger partial charge in [0.2, 0.25) is 17.5 Å². The third-order valence-electron chi connectivity index (χ3n) is 3.88. The lowest BCUT2D eigenvalue weighted by molar-refractivity contribution is -0.385. The molecule has 0 spiro atoms. The van der Waals surface area contributed by atoms with E-state index in [2.05, 4.69) is 10.1 Å². The summed E-state index contributed by atoms with van der Waals surface area (Å²) < 4.78 is 10.0. The maximum absolute atomic E-state index is 12.1. The molecule has 0 radical (unpaired) electrons. The van der Waals surface area contributed by atoms with Gasteiger partial charge < -0.3 is 9.26 Å². The number of hydrogen-bond donors (Lipinski definition) is 0. The Morgan fingerprint density at radius 3 is 2.86 bits per heavy atom. The number of carbonyl (C=O) groups is 2. The zero-order valence-corrected chi connectivity index (χ0v) is 15.6. The smallest absolute Gasteiger partial charge is 0.306 e. The van der Waals surface area contributed by atoms with Crippen molar-refractivity contribution in [3.05, 3.63) is 62.2 Å². The van der Waals surface area contributed by atoms with Crippen molar-refractivity contribution in [1.29, 1.82) is 0 Å². The van der Waals surface area contributed by atoms with Gasteiger partial charge in [0.1, 0.15) is 0 Å². The zero-order chi connectivity index (χ0) is 20.1. The molecular formula is C18H15N3O6S. The number of thiophene rings is 1. The normalized spacial score (nSPS) is 10.6. The Hall–Kier alpha value is -3.40. The lowest BCUT2D eigenvalue weighted by Gasteiger charge is -2.04. The van der Waals surface area contributed by atoms with Gasteiger partial charge in [0, 0.05) is 34.6 Å². The molecule has 9 nitrogen and oxygen atoms in total. The van der Waals surface area contributed by atoms with Gasteiger partial charge in [-0.2, -0.15) is 16.3 Å². The number of nitro benzene ring substituents is 1. The molecule has 10 heteroatoms. The van der Waals surface area contributed by atoms with Crippen LogP contribution in [-0.2, 0) is 16.0 Å². The summed E-state index contributed by atoms with van der Waals surface area (Å²) in [4.78, 5) is 38.5. The zero-order valence-electron chi connectivity index (χ0n) is 14.8. The molecule has 0 unspecified atom stereocenters. The second-order valence-corrected chi connectivity index (χ2v) is 6.65. The predicted molar refractivity (Wildman–Crippen MR) is 99.1 cm³/mol. The third-order valence-corrected chi connectivity index (χ3v) is 4.57. The number of benzene rings is 1. The molecule has 0 aliphatic heterocycles. The number of ether oxygens (including phenoxy) is 1. The fraction of sp³-hybridized carbons (Fsp3) is 0.222. The monoisotopic (exact) mass is 401 g/mol. The molecule has 144 valence electrons. The maximum Gasteiger partial charge on any atom is 0.306 e. The fourth-order valence-corrected chi connectivity index (χ4v) is 2.99. The van der Waals surface area contributed by atoms with Gasteiger partial charge in [-0.15, -0.1) is 0 Å². The topological polar surface area (TPSA) is 125 Å². The first-order valence-corrected chi connectivity index (χ1v) is 9.17. The molecule has 0 amide bonds. The quantitative estimate of drug-likeness (QED) is 0.243. The van der Waals surface area contributed by atoms with E-state index in [0.717, 1.165) is 5.56 Å². The van der Waals surface area contributed by atoms with Crippen molar-refractivity contribution in [2.24, 2.45) is 0 Å². The van der Waals surface area contributed by atoms with Gasteiger partial charge in [0.25, 0.3) is 5.69 Å². The van der Waals surface area contributed by atoms with Crippen LogP contribution in [0, 0.1) is 17.0 Å². The summed E-state index contributed by atoms with van der Waals surface area (Å²) in [5.41, 5.74) is 1.23. The standard InChI is InChI=1S/C18H15N3O6S/c1-11-2-3-12(8-14(11)21(24)25)15(22)9-26-17(23)5-4-16-19-18(20-27-16)13-6-7-28-10-13/h2-3,6-8,10H,4-5,9H2,1H3. The Morgan fingerprint density at radius 2 is 2.14 bits per heavy atom. The Balaban J connectivity index is 1.50. The van der Waals surface area contributed by atoms with E-state index in [1.54, 1.807) is 6.92 Å². The van der Waals surface area contributed by atoms with E-state index in [9.17, 15) is 19.7 Å². The van der Waals surface area contributed by atoms with Crippen LogP contribution in [0.25, 0.3) is 11.4 Å². The highest BCUT2D eigenvalue weighted by Gasteiger charge is 2.17. The van der Waals surface area contributed by atoms with Crippen molar-refractivity contribution >= 4 is 28.8 Å². The molecule has 0 aliphatic carbocycles. The van der Waals surface area contributed by atoms with Crippen molar-refractivity contribution in [2.45, 2.75) is 19.8 Å². The van der Waals surface area contributed by atoms with Gasteiger partial charge in [0.05, 0.1) is 11.3 Å². The van der Waals surface area contributed by atoms with Crippen molar-refractivity contribution in [3.63, 3.8) is 0 Å². The first-order valence-electron chi connectivity index (χ1n) is 8.23. The van der Waals surface area contributed by atoms with Gasteiger partial charge in [-0.3, -0.25) is 19.7 Å². The van der Waals surface area contributed by atoms with Crippen LogP contribution in [0.4, 0.5) is 5.69 Å². The van der Waals surface area contributed by atoms with Crippen LogP contribution in [0.5, 0.6) is 0 Å². The van der Waals surface area contributed by atoms with Crippen LogP contribution in [-0.4, -0.2) is 33.4 Å². The van der Waals surface area contributed by atoms with Gasteiger partial charge in [-0.25, -0.2) is 0 Å². The van der Waals surface area contributed by atoms with Crippen LogP contribution in [0.15, 0.2) is 39.5 Å². The van der Waals surface area contributed by atoms with Crippen molar-refractivity contribution < 1.29 is 23.8 Å². The molecule has 0 saturated carbocycles. The lowest BCUT2D eigenvalue weighted by Crippen LogP contribution is -2.15. The number of aryl methyl sites for hydroxylation is 2. The van der Waals surface area contributed by atoms with Crippen molar-refractivity contribution in [3.8, 4) is 11.4 Å². The average molecular weight is 401 g/mol. The number of nitrogens with zero attached hydrogens (tertiary/aromatic N) is 3. The SMILES string of the molecule is Cc1ccc(C(=O)COC(=O)CCc2nc(-c3ccsc3)no2)cc1[N+](=O)[O-]. The third kappa shape index (κ3) is 4.65. The molecule has 2 heterocycles. The number of nitro groups is 1. The molecule has 0 aliphatic rings. The van der Waals surface area contributed by atoms with Gasteiger partial charge in [-0.05, 0) is 18.4 Å². The summed E-state index contributed by atoms with van der Waals surface area (Å²) in [7, 11) is 0. The van der Waals surface area contributed by atoms with Crippen LogP contribution in [0.3, 0.4) is 0 Å². The number of carbonyl (C=O) groups excluding carboxylic acids is 2. The molecule has 0 saturated heterocycles. The molecule has 0 atom stereocenters. The van der Waals surface area contributed by atoms with E-state index < -0.39 is 23.3 Å². The summed E-state index contributed by atoms with van der Waals surface area (Å²) in [5.74, 6) is -0.390. The van der Waals surface area contributed by atoms with Gasteiger partial charge in [-0.1, -0.05) is 17.3 Å². The summed E-state index contributed by atoms with van der Waals surface area (Å²) in [5, 5.41) is 18.6. The van der Waals surface area contributed by atoms with E-state index in [1.807, 2.05) is 16.8 Å². The van der Waals surface area contributed by atoms with Crippen LogP contribution < -0.4 is 0 Å². The van der Waals surface area contributed by atoms with E-state index in [1.165, 1.54) is 29.5 Å². The average Bonchev–Trinajstić information content (AvgIpc) is 3.36. The summed E-state index contributed by atoms with van der Waals surface area (Å²) in [6.07, 6.45) is 0.146. The highest BCUT2D eigenvalue weighted by molar-refractivity contribution is 7.08. The van der Waals surface area contributed by atoms with Crippen LogP contribution in [0.2, 0.25) is 0 Å². The summed E-state index contributed by atoms with van der Waals surface area (Å²) in [6.45, 7) is 1.08.